The van der Waals surface area contributed by atoms with Crippen molar-refractivity contribution in [1.82, 2.24) is 4.98 Å². The lowest BCUT2D eigenvalue weighted by atomic mass is 10.2. The van der Waals surface area contributed by atoms with Crippen LogP contribution in [0.4, 0.5) is 11.5 Å². The van der Waals surface area contributed by atoms with E-state index < -0.39 is 4.92 Å². The van der Waals surface area contributed by atoms with E-state index in [-0.39, 0.29) is 5.69 Å². The summed E-state index contributed by atoms with van der Waals surface area (Å²) in [5, 5.41) is 14.3. The average Bonchev–Trinajstić information content (AvgIpc) is 2.37. The van der Waals surface area contributed by atoms with Gasteiger partial charge in [-0.1, -0.05) is 33.6 Å². The van der Waals surface area contributed by atoms with Crippen molar-refractivity contribution >= 4 is 39.0 Å². The van der Waals surface area contributed by atoms with Crippen LogP contribution in [0.2, 0.25) is 5.15 Å². The lowest BCUT2D eigenvalue weighted by molar-refractivity contribution is -0.385. The summed E-state index contributed by atoms with van der Waals surface area (Å²) in [6.07, 6.45) is 0. The number of nitro groups is 1. The van der Waals surface area contributed by atoms with Crippen molar-refractivity contribution in [3.05, 3.63) is 61.7 Å². The molecule has 19 heavy (non-hydrogen) atoms. The lowest BCUT2D eigenvalue weighted by Gasteiger charge is -2.06. The van der Waals surface area contributed by atoms with Gasteiger partial charge in [-0.2, -0.15) is 0 Å². The van der Waals surface area contributed by atoms with Crippen LogP contribution in [-0.4, -0.2) is 9.91 Å². The molecule has 7 heteroatoms. The Morgan fingerprint density at radius 1 is 1.37 bits per heavy atom. The summed E-state index contributed by atoms with van der Waals surface area (Å²) in [7, 11) is 0. The van der Waals surface area contributed by atoms with E-state index in [0.29, 0.717) is 27.6 Å². The molecular weight excluding hydrogens is 334 g/mol. The number of nitro benzene ring substituents is 1. The Kier molecular flexibility index (Phi) is 4.34. The number of rotatable bonds is 4. The Morgan fingerprint density at radius 3 is 2.84 bits per heavy atom. The van der Waals surface area contributed by atoms with Gasteiger partial charge < -0.3 is 5.32 Å². The van der Waals surface area contributed by atoms with E-state index in [1.165, 1.54) is 6.07 Å². The molecule has 0 radical (unpaired) electrons. The molecular formula is C12H9BrClN3O2. The molecule has 0 saturated carbocycles. The maximum atomic E-state index is 11.0. The van der Waals surface area contributed by atoms with Crippen LogP contribution in [0.1, 0.15) is 5.56 Å². The van der Waals surface area contributed by atoms with Crippen molar-refractivity contribution in [3.63, 3.8) is 0 Å². The fraction of sp³-hybridized carbons (Fsp3) is 0.0833. The highest BCUT2D eigenvalue weighted by Crippen LogP contribution is 2.24. The molecule has 0 aliphatic carbocycles. The van der Waals surface area contributed by atoms with Crippen molar-refractivity contribution in [2.24, 2.45) is 0 Å². The van der Waals surface area contributed by atoms with E-state index >= 15 is 0 Å². The van der Waals surface area contributed by atoms with Gasteiger partial charge in [-0.05, 0) is 24.3 Å². The zero-order valence-corrected chi connectivity index (χ0v) is 12.0. The monoisotopic (exact) mass is 341 g/mol. The topological polar surface area (TPSA) is 68.1 Å². The lowest BCUT2D eigenvalue weighted by Crippen LogP contribution is -2.04. The third-order valence-corrected chi connectivity index (χ3v) is 3.12. The van der Waals surface area contributed by atoms with Crippen molar-refractivity contribution in [2.45, 2.75) is 6.54 Å². The highest BCUT2D eigenvalue weighted by molar-refractivity contribution is 9.10. The van der Waals surface area contributed by atoms with Gasteiger partial charge in [-0.15, -0.1) is 0 Å². The smallest absolute Gasteiger partial charge is 0.275 e. The van der Waals surface area contributed by atoms with Crippen molar-refractivity contribution in [1.29, 1.82) is 0 Å². The largest absolute Gasteiger partial charge is 0.366 e. The van der Waals surface area contributed by atoms with Gasteiger partial charge in [0.1, 0.15) is 11.0 Å². The minimum absolute atomic E-state index is 0.0592. The molecule has 1 heterocycles. The van der Waals surface area contributed by atoms with E-state index in [2.05, 4.69) is 26.2 Å². The summed E-state index contributed by atoms with van der Waals surface area (Å²) in [4.78, 5) is 14.6. The van der Waals surface area contributed by atoms with Gasteiger partial charge in [0, 0.05) is 22.6 Å². The third kappa shape index (κ3) is 3.65. The SMILES string of the molecule is O=[N+]([O-])c1cc(Br)ccc1CNc1cccc(Cl)n1. The van der Waals surface area contributed by atoms with Gasteiger partial charge in [0.05, 0.1) is 4.92 Å². The number of hydrogen-bond donors (Lipinski definition) is 1. The summed E-state index contributed by atoms with van der Waals surface area (Å²) in [5.41, 5.74) is 0.638. The Labute approximate surface area is 122 Å². The van der Waals surface area contributed by atoms with E-state index in [4.69, 9.17) is 11.6 Å². The number of halogens is 2. The predicted molar refractivity (Wildman–Crippen MR) is 77.4 cm³/mol. The molecule has 1 N–H and O–H groups in total. The molecule has 2 aromatic rings. The number of nitrogens with zero attached hydrogens (tertiary/aromatic N) is 2. The number of nitrogens with one attached hydrogen (secondary N) is 1. The minimum Gasteiger partial charge on any atom is -0.366 e. The van der Waals surface area contributed by atoms with Gasteiger partial charge >= 0.3 is 0 Å². The first kappa shape index (κ1) is 13.8. The fourth-order valence-corrected chi connectivity index (χ4v) is 2.06. The normalized spacial score (nSPS) is 10.2. The summed E-state index contributed by atoms with van der Waals surface area (Å²) in [5.74, 6) is 0.574. The molecule has 0 bridgehead atoms. The van der Waals surface area contributed by atoms with Crippen molar-refractivity contribution in [3.8, 4) is 0 Å². The molecule has 1 aromatic heterocycles. The number of aromatic nitrogens is 1. The average molecular weight is 343 g/mol. The molecule has 0 saturated heterocycles. The third-order valence-electron chi connectivity index (χ3n) is 2.42. The first-order valence-corrected chi connectivity index (χ1v) is 6.52. The maximum absolute atomic E-state index is 11.0. The molecule has 98 valence electrons. The second-order valence-corrected chi connectivity index (χ2v) is 5.03. The zero-order chi connectivity index (χ0) is 13.8. The maximum Gasteiger partial charge on any atom is 0.275 e. The van der Waals surface area contributed by atoms with Crippen molar-refractivity contribution in [2.75, 3.05) is 5.32 Å². The van der Waals surface area contributed by atoms with E-state index in [0.717, 1.165) is 0 Å². The van der Waals surface area contributed by atoms with E-state index in [9.17, 15) is 10.1 Å². The molecule has 0 unspecified atom stereocenters. The van der Waals surface area contributed by atoms with Crippen LogP contribution in [0.15, 0.2) is 40.9 Å². The molecule has 0 spiro atoms. The highest BCUT2D eigenvalue weighted by atomic mass is 79.9. The minimum atomic E-state index is -0.410. The molecule has 5 nitrogen and oxygen atoms in total. The molecule has 0 atom stereocenters. The van der Waals surface area contributed by atoms with Crippen LogP contribution < -0.4 is 5.32 Å². The second kappa shape index (κ2) is 5.99. The van der Waals surface area contributed by atoms with E-state index in [1.807, 2.05) is 0 Å². The molecule has 2 rings (SSSR count). The summed E-state index contributed by atoms with van der Waals surface area (Å²) >= 11 is 8.98. The summed E-state index contributed by atoms with van der Waals surface area (Å²) in [6, 6.07) is 10.1. The predicted octanol–water partition coefficient (Wildman–Crippen LogP) is 4.02. The van der Waals surface area contributed by atoms with E-state index in [1.54, 1.807) is 30.3 Å². The second-order valence-electron chi connectivity index (χ2n) is 3.73. The Morgan fingerprint density at radius 2 is 2.16 bits per heavy atom. The van der Waals surface area contributed by atoms with Crippen LogP contribution >= 0.6 is 27.5 Å². The Bertz CT molecular complexity index is 622. The number of benzene rings is 1. The quantitative estimate of drug-likeness (QED) is 0.518. The first-order valence-electron chi connectivity index (χ1n) is 5.35. The molecule has 0 aliphatic rings. The van der Waals surface area contributed by atoms with Gasteiger partial charge in [-0.3, -0.25) is 10.1 Å². The standard InChI is InChI=1S/C12H9BrClN3O2/c13-9-5-4-8(10(6-9)17(18)19)7-15-12-3-1-2-11(14)16-12/h1-6H,7H2,(H,15,16). The van der Waals surface area contributed by atoms with Gasteiger partial charge in [0.2, 0.25) is 0 Å². The first-order chi connectivity index (χ1) is 9.06. The van der Waals surface area contributed by atoms with Crippen LogP contribution in [0.25, 0.3) is 0 Å². The van der Waals surface area contributed by atoms with Crippen LogP contribution in [0.3, 0.4) is 0 Å². The zero-order valence-electron chi connectivity index (χ0n) is 9.64. The number of pyridine rings is 1. The molecule has 0 aliphatic heterocycles. The summed E-state index contributed by atoms with van der Waals surface area (Å²) < 4.78 is 0.670. The molecule has 0 fully saturated rings. The molecule has 1 aromatic carbocycles. The summed E-state index contributed by atoms with van der Waals surface area (Å²) in [6.45, 7) is 0.303. The van der Waals surface area contributed by atoms with Crippen LogP contribution in [0.5, 0.6) is 0 Å². The Hall–Kier alpha value is -1.66. The molecule has 0 amide bonds. The fourth-order valence-electron chi connectivity index (χ4n) is 1.55. The van der Waals surface area contributed by atoms with Gasteiger partial charge in [-0.25, -0.2) is 4.98 Å². The Balaban J connectivity index is 2.17. The number of hydrogen-bond acceptors (Lipinski definition) is 4. The van der Waals surface area contributed by atoms with Crippen molar-refractivity contribution < 1.29 is 4.92 Å². The van der Waals surface area contributed by atoms with Crippen LogP contribution in [0, 0.1) is 10.1 Å². The number of anilines is 1. The van der Waals surface area contributed by atoms with Gasteiger partial charge in [0.15, 0.2) is 0 Å². The van der Waals surface area contributed by atoms with Gasteiger partial charge in [0.25, 0.3) is 5.69 Å². The van der Waals surface area contributed by atoms with Crippen LogP contribution in [-0.2, 0) is 6.54 Å². The highest BCUT2D eigenvalue weighted by Gasteiger charge is 2.13.